The Balaban J connectivity index is 1.37. The number of benzene rings is 2. The average molecular weight is 447 g/mol. The number of carboxylic acids is 1. The van der Waals surface area contributed by atoms with Gasteiger partial charge in [0.15, 0.2) is 0 Å². The number of nitrogens with zero attached hydrogens (tertiary/aromatic N) is 4. The van der Waals surface area contributed by atoms with Gasteiger partial charge >= 0.3 is 5.97 Å². The van der Waals surface area contributed by atoms with Crippen LogP contribution in [0, 0.1) is 4.77 Å². The molecule has 30 heavy (non-hydrogen) atoms. The molecule has 3 N–H and O–H groups in total. The monoisotopic (exact) mass is 446 g/mol. The maximum Gasteiger partial charge on any atom is 0.326 e. The van der Waals surface area contributed by atoms with Crippen molar-refractivity contribution in [3.8, 4) is 5.69 Å². The van der Waals surface area contributed by atoms with E-state index in [-0.39, 0.29) is 12.8 Å². The van der Waals surface area contributed by atoms with E-state index in [1.54, 1.807) is 16.8 Å². The number of rotatable bonds is 7. The minimum absolute atomic E-state index is 0.220. The zero-order valence-corrected chi connectivity index (χ0v) is 17.3. The predicted molar refractivity (Wildman–Crippen MR) is 115 cm³/mol. The first-order chi connectivity index (χ1) is 14.5. The van der Waals surface area contributed by atoms with Crippen molar-refractivity contribution >= 4 is 41.2 Å². The third-order valence-electron chi connectivity index (χ3n) is 4.88. The Bertz CT molecular complexity index is 1090. The lowest BCUT2D eigenvalue weighted by molar-refractivity contribution is -0.138. The Hall–Kier alpha value is -2.95. The summed E-state index contributed by atoms with van der Waals surface area (Å²) in [7, 11) is 0. The number of aromatic nitrogens is 4. The van der Waals surface area contributed by atoms with Crippen LogP contribution in [0.4, 0.5) is 11.4 Å². The molecule has 2 unspecified atom stereocenters. The van der Waals surface area contributed by atoms with Gasteiger partial charge < -0.3 is 20.1 Å². The fraction of sp³-hybridized carbons (Fsp3) is 0.263. The molecule has 2 atom stereocenters. The number of aromatic amines is 1. The molecule has 0 bridgehead atoms. The minimum atomic E-state index is -0.873. The first kappa shape index (κ1) is 20.3. The highest BCUT2D eigenvalue weighted by molar-refractivity contribution is 7.71. The molecular formula is C19H19ClN6O3S. The van der Waals surface area contributed by atoms with Crippen LogP contribution in [0.15, 0.2) is 48.5 Å². The van der Waals surface area contributed by atoms with Crippen LogP contribution in [0.5, 0.6) is 0 Å². The summed E-state index contributed by atoms with van der Waals surface area (Å²) < 4.78 is 7.83. The summed E-state index contributed by atoms with van der Waals surface area (Å²) in [5.74, 6) is -0.873. The molecular weight excluding hydrogens is 428 g/mol. The number of ether oxygens (including phenoxy) is 1. The van der Waals surface area contributed by atoms with Crippen molar-refractivity contribution in [1.82, 2.24) is 20.2 Å². The van der Waals surface area contributed by atoms with E-state index in [9.17, 15) is 9.90 Å². The lowest BCUT2D eigenvalue weighted by atomic mass is 10.2. The van der Waals surface area contributed by atoms with Gasteiger partial charge in [-0.25, -0.2) is 9.48 Å². The maximum atomic E-state index is 11.7. The van der Waals surface area contributed by atoms with Gasteiger partial charge in [-0.05, 0) is 54.7 Å². The van der Waals surface area contributed by atoms with E-state index in [2.05, 4.69) is 20.8 Å². The lowest BCUT2D eigenvalue weighted by Gasteiger charge is -2.23. The number of anilines is 2. The van der Waals surface area contributed by atoms with Crippen molar-refractivity contribution in [3.05, 3.63) is 58.3 Å². The summed E-state index contributed by atoms with van der Waals surface area (Å²) in [4.78, 5) is 13.5. The SMILES string of the molecule is O=C(O)C1CC(OCNc2cccc(-n3[nH]nnc3=S)c2)CN1c1ccc(Cl)cc1. The highest BCUT2D eigenvalue weighted by atomic mass is 35.5. The van der Waals surface area contributed by atoms with E-state index in [1.807, 2.05) is 41.3 Å². The molecule has 1 saturated heterocycles. The standard InChI is InChI=1S/C19H19ClN6O3S/c20-12-4-6-14(7-5-12)25-10-16(9-17(25)18(27)28)29-11-21-13-2-1-3-15(8-13)26-19(30)22-23-24-26/h1-8,16-17,21H,9-11H2,(H,27,28)(H,22,24,30). The maximum absolute atomic E-state index is 11.7. The van der Waals surface area contributed by atoms with Crippen LogP contribution in [0.25, 0.3) is 5.69 Å². The second-order valence-corrected chi connectivity index (χ2v) is 7.60. The largest absolute Gasteiger partial charge is 0.480 e. The van der Waals surface area contributed by atoms with Gasteiger partial charge in [-0.1, -0.05) is 28.0 Å². The molecule has 11 heteroatoms. The fourth-order valence-corrected chi connectivity index (χ4v) is 3.75. The van der Waals surface area contributed by atoms with Gasteiger partial charge in [0.25, 0.3) is 0 Å². The highest BCUT2D eigenvalue weighted by Gasteiger charge is 2.37. The number of hydrogen-bond acceptors (Lipinski definition) is 7. The van der Waals surface area contributed by atoms with Crippen molar-refractivity contribution < 1.29 is 14.6 Å². The van der Waals surface area contributed by atoms with Gasteiger partial charge in [0.1, 0.15) is 12.8 Å². The summed E-state index contributed by atoms with van der Waals surface area (Å²) in [5, 5.41) is 23.6. The third-order valence-corrected chi connectivity index (χ3v) is 5.39. The van der Waals surface area contributed by atoms with Crippen LogP contribution in [0.1, 0.15) is 6.42 Å². The van der Waals surface area contributed by atoms with Gasteiger partial charge in [0.2, 0.25) is 4.77 Å². The van der Waals surface area contributed by atoms with Crippen LogP contribution in [-0.4, -0.2) is 56.7 Å². The third kappa shape index (κ3) is 4.45. The molecule has 3 aromatic rings. The quantitative estimate of drug-likeness (QED) is 0.375. The van der Waals surface area contributed by atoms with Crippen molar-refractivity contribution in [2.24, 2.45) is 0 Å². The minimum Gasteiger partial charge on any atom is -0.480 e. The van der Waals surface area contributed by atoms with E-state index in [0.717, 1.165) is 17.1 Å². The summed E-state index contributed by atoms with van der Waals surface area (Å²) in [6, 6.07) is 14.0. The normalized spacial score (nSPS) is 18.5. The molecule has 0 aliphatic carbocycles. The number of carboxylic acid groups (broad SMARTS) is 1. The Labute approximate surface area is 182 Å². The van der Waals surface area contributed by atoms with Gasteiger partial charge in [-0.15, -0.1) is 0 Å². The Morgan fingerprint density at radius 2 is 2.10 bits per heavy atom. The number of aliphatic carboxylic acids is 1. The second-order valence-electron chi connectivity index (χ2n) is 6.80. The average Bonchev–Trinajstić information content (AvgIpc) is 3.35. The summed E-state index contributed by atoms with van der Waals surface area (Å²) >= 11 is 11.1. The second kappa shape index (κ2) is 8.82. The number of nitrogens with one attached hydrogen (secondary N) is 2. The molecule has 0 radical (unpaired) electrons. The van der Waals surface area contributed by atoms with Crippen molar-refractivity contribution in [2.45, 2.75) is 18.6 Å². The summed E-state index contributed by atoms with van der Waals surface area (Å²) in [5.41, 5.74) is 2.42. The van der Waals surface area contributed by atoms with Gasteiger partial charge in [-0.3, -0.25) is 0 Å². The van der Waals surface area contributed by atoms with Crippen molar-refractivity contribution in [3.63, 3.8) is 0 Å². The summed E-state index contributed by atoms with van der Waals surface area (Å²) in [6.07, 6.45) is 0.178. The Morgan fingerprint density at radius 3 is 2.80 bits per heavy atom. The number of H-pyrrole nitrogens is 1. The highest BCUT2D eigenvalue weighted by Crippen LogP contribution is 2.28. The molecule has 1 fully saturated rings. The van der Waals surface area contributed by atoms with E-state index in [0.29, 0.717) is 22.8 Å². The Kier molecular flexibility index (Phi) is 5.98. The molecule has 9 nitrogen and oxygen atoms in total. The predicted octanol–water partition coefficient (Wildman–Crippen LogP) is 3.10. The van der Waals surface area contributed by atoms with E-state index in [1.165, 1.54) is 0 Å². The van der Waals surface area contributed by atoms with Gasteiger partial charge in [0.05, 0.1) is 11.8 Å². The lowest BCUT2D eigenvalue weighted by Crippen LogP contribution is -2.35. The summed E-state index contributed by atoms with van der Waals surface area (Å²) in [6.45, 7) is 0.719. The van der Waals surface area contributed by atoms with Crippen LogP contribution >= 0.6 is 23.8 Å². The number of halogens is 1. The zero-order valence-electron chi connectivity index (χ0n) is 15.7. The van der Waals surface area contributed by atoms with Crippen LogP contribution in [0.3, 0.4) is 0 Å². The van der Waals surface area contributed by atoms with Crippen LogP contribution in [-0.2, 0) is 9.53 Å². The van der Waals surface area contributed by atoms with Crippen molar-refractivity contribution in [2.75, 3.05) is 23.5 Å². The van der Waals surface area contributed by atoms with Gasteiger partial charge in [-0.2, -0.15) is 5.21 Å². The molecule has 2 aromatic carbocycles. The van der Waals surface area contributed by atoms with Gasteiger partial charge in [0, 0.05) is 29.4 Å². The van der Waals surface area contributed by atoms with Crippen LogP contribution < -0.4 is 10.2 Å². The first-order valence-electron chi connectivity index (χ1n) is 9.22. The number of carbonyl (C=O) groups is 1. The molecule has 1 aromatic heterocycles. The molecule has 1 aliphatic heterocycles. The Morgan fingerprint density at radius 1 is 1.30 bits per heavy atom. The molecule has 2 heterocycles. The van der Waals surface area contributed by atoms with E-state index >= 15 is 0 Å². The molecule has 0 spiro atoms. The topological polar surface area (TPSA) is 108 Å². The molecule has 0 amide bonds. The zero-order chi connectivity index (χ0) is 21.1. The van der Waals surface area contributed by atoms with Crippen LogP contribution in [0.2, 0.25) is 5.02 Å². The van der Waals surface area contributed by atoms with E-state index in [4.69, 9.17) is 28.6 Å². The molecule has 4 rings (SSSR count). The fourth-order valence-electron chi connectivity index (χ4n) is 3.43. The molecule has 0 saturated carbocycles. The number of hydrogen-bond donors (Lipinski definition) is 3. The number of tetrazole rings is 1. The smallest absolute Gasteiger partial charge is 0.326 e. The molecule has 156 valence electrons. The van der Waals surface area contributed by atoms with E-state index < -0.39 is 12.0 Å². The van der Waals surface area contributed by atoms with Crippen molar-refractivity contribution in [1.29, 1.82) is 0 Å². The first-order valence-corrected chi connectivity index (χ1v) is 10.0. The molecule has 1 aliphatic rings.